The van der Waals surface area contributed by atoms with E-state index in [-0.39, 0.29) is 5.75 Å². The second-order valence-electron chi connectivity index (χ2n) is 4.65. The summed E-state index contributed by atoms with van der Waals surface area (Å²) in [5.41, 5.74) is 0. The van der Waals surface area contributed by atoms with E-state index in [1.54, 1.807) is 18.2 Å². The average Bonchev–Trinajstić information content (AvgIpc) is 2.86. The first-order valence-electron chi connectivity index (χ1n) is 7.22. The zero-order chi connectivity index (χ0) is 16.6. The molecule has 7 heteroatoms. The fourth-order valence-electron chi connectivity index (χ4n) is 1.83. The lowest BCUT2D eigenvalue weighted by molar-refractivity contribution is -0.285. The van der Waals surface area contributed by atoms with Gasteiger partial charge in [0.25, 0.3) is 0 Å². The summed E-state index contributed by atoms with van der Waals surface area (Å²) in [4.78, 5) is 9.26. The first-order chi connectivity index (χ1) is 10.5. The van der Waals surface area contributed by atoms with Crippen LogP contribution in [-0.2, 0) is 4.74 Å². The Morgan fingerprint density at radius 1 is 1.32 bits per heavy atom. The smallest absolute Gasteiger partial charge is 0.404 e. The lowest BCUT2D eigenvalue weighted by atomic mass is 10.3. The Morgan fingerprint density at radius 2 is 2.00 bits per heavy atom. The van der Waals surface area contributed by atoms with E-state index in [4.69, 9.17) is 19.3 Å². The summed E-state index contributed by atoms with van der Waals surface area (Å²) < 4.78 is 17.0. The number of ether oxygens (including phenoxy) is 3. The van der Waals surface area contributed by atoms with Crippen LogP contribution in [0.3, 0.4) is 0 Å². The van der Waals surface area contributed by atoms with Crippen LogP contribution in [0.2, 0.25) is 0 Å². The Labute approximate surface area is 129 Å². The van der Waals surface area contributed by atoms with E-state index < -0.39 is 12.1 Å². The van der Waals surface area contributed by atoms with Gasteiger partial charge in [-0.1, -0.05) is 19.9 Å². The van der Waals surface area contributed by atoms with E-state index in [0.29, 0.717) is 24.5 Å². The van der Waals surface area contributed by atoms with Gasteiger partial charge in [-0.25, -0.2) is 4.79 Å². The zero-order valence-corrected chi connectivity index (χ0v) is 13.1. The van der Waals surface area contributed by atoms with Gasteiger partial charge in [-0.05, 0) is 25.0 Å². The Kier molecular flexibility index (Phi) is 6.78. The molecule has 1 aliphatic heterocycles. The highest BCUT2D eigenvalue weighted by atomic mass is 16.9. The van der Waals surface area contributed by atoms with Crippen LogP contribution in [-0.4, -0.2) is 35.9 Å². The number of hydrogen-bond acceptors (Lipinski definition) is 5. The molecule has 1 heterocycles. The maximum Gasteiger partial charge on any atom is 0.404 e. The van der Waals surface area contributed by atoms with Crippen molar-refractivity contribution >= 4 is 6.09 Å². The molecule has 0 fully saturated rings. The number of amides is 1. The fourth-order valence-corrected chi connectivity index (χ4v) is 1.83. The SMILES string of the molecule is CCCOC1(CCC)Oc2cccc(O)c2O1.CNC(=O)O. The minimum atomic E-state index is -1.06. The first-order valence-corrected chi connectivity index (χ1v) is 7.22. The molecule has 0 radical (unpaired) electrons. The molecule has 22 heavy (non-hydrogen) atoms. The van der Waals surface area contributed by atoms with Crippen molar-refractivity contribution in [3.8, 4) is 17.2 Å². The van der Waals surface area contributed by atoms with Crippen molar-refractivity contribution in [2.45, 2.75) is 39.1 Å². The molecule has 1 amide bonds. The molecule has 0 bridgehead atoms. The van der Waals surface area contributed by atoms with Crippen molar-refractivity contribution in [3.63, 3.8) is 0 Å². The van der Waals surface area contributed by atoms with Crippen molar-refractivity contribution < 1.29 is 29.2 Å². The fraction of sp³-hybridized carbons (Fsp3) is 0.533. The molecule has 1 unspecified atom stereocenters. The number of rotatable bonds is 5. The highest BCUT2D eigenvalue weighted by molar-refractivity contribution is 5.63. The molecule has 124 valence electrons. The van der Waals surface area contributed by atoms with Crippen molar-refractivity contribution in [1.29, 1.82) is 0 Å². The third-order valence-corrected chi connectivity index (χ3v) is 2.78. The molecule has 0 saturated carbocycles. The van der Waals surface area contributed by atoms with Gasteiger partial charge in [-0.3, -0.25) is 0 Å². The Morgan fingerprint density at radius 3 is 2.50 bits per heavy atom. The maximum atomic E-state index is 9.70. The van der Waals surface area contributed by atoms with Gasteiger partial charge in [-0.15, -0.1) is 0 Å². The van der Waals surface area contributed by atoms with E-state index in [9.17, 15) is 9.90 Å². The van der Waals surface area contributed by atoms with E-state index in [2.05, 4.69) is 0 Å². The van der Waals surface area contributed by atoms with Crippen LogP contribution < -0.4 is 14.8 Å². The highest BCUT2D eigenvalue weighted by Crippen LogP contribution is 2.46. The van der Waals surface area contributed by atoms with E-state index in [0.717, 1.165) is 12.8 Å². The van der Waals surface area contributed by atoms with Crippen LogP contribution in [0.25, 0.3) is 0 Å². The van der Waals surface area contributed by atoms with E-state index in [1.165, 1.54) is 7.05 Å². The summed E-state index contributed by atoms with van der Waals surface area (Å²) in [6.45, 7) is 4.63. The van der Waals surface area contributed by atoms with Crippen LogP contribution in [0, 0.1) is 0 Å². The van der Waals surface area contributed by atoms with Crippen LogP contribution in [0.15, 0.2) is 18.2 Å². The summed E-state index contributed by atoms with van der Waals surface area (Å²) in [6.07, 6.45) is 1.39. The largest absolute Gasteiger partial charge is 0.504 e. The highest BCUT2D eigenvalue weighted by Gasteiger charge is 2.43. The molecule has 0 saturated heterocycles. The van der Waals surface area contributed by atoms with E-state index >= 15 is 0 Å². The summed E-state index contributed by atoms with van der Waals surface area (Å²) in [5.74, 6) is -0.0708. The number of benzene rings is 1. The van der Waals surface area contributed by atoms with Gasteiger partial charge >= 0.3 is 12.1 Å². The number of carboxylic acid groups (broad SMARTS) is 1. The lowest BCUT2D eigenvalue weighted by Crippen LogP contribution is -2.41. The third-order valence-electron chi connectivity index (χ3n) is 2.78. The molecule has 1 aromatic rings. The van der Waals surface area contributed by atoms with Gasteiger partial charge < -0.3 is 29.7 Å². The van der Waals surface area contributed by atoms with Gasteiger partial charge in [-0.2, -0.15) is 0 Å². The van der Waals surface area contributed by atoms with Gasteiger partial charge in [0, 0.05) is 7.05 Å². The number of hydrogen-bond donors (Lipinski definition) is 3. The molecule has 1 atom stereocenters. The molecule has 7 nitrogen and oxygen atoms in total. The van der Waals surface area contributed by atoms with Crippen LogP contribution in [0.1, 0.15) is 33.1 Å². The van der Waals surface area contributed by atoms with Gasteiger partial charge in [0.2, 0.25) is 5.75 Å². The number of carbonyl (C=O) groups is 1. The van der Waals surface area contributed by atoms with E-state index in [1.807, 2.05) is 19.2 Å². The maximum absolute atomic E-state index is 9.70. The molecule has 0 aromatic heterocycles. The average molecular weight is 313 g/mol. The quantitative estimate of drug-likeness (QED) is 0.773. The number of phenols is 1. The second-order valence-corrected chi connectivity index (χ2v) is 4.65. The Hall–Kier alpha value is -2.15. The molecule has 1 aromatic carbocycles. The predicted octanol–water partition coefficient (Wildman–Crippen LogP) is 2.93. The number of phenolic OH excluding ortho intramolecular Hbond substituents is 1. The number of aromatic hydroxyl groups is 1. The van der Waals surface area contributed by atoms with Crippen LogP contribution in [0.5, 0.6) is 17.2 Å². The van der Waals surface area contributed by atoms with Crippen LogP contribution in [0.4, 0.5) is 4.79 Å². The van der Waals surface area contributed by atoms with Gasteiger partial charge in [0.1, 0.15) is 0 Å². The molecule has 3 N–H and O–H groups in total. The van der Waals surface area contributed by atoms with Crippen molar-refractivity contribution in [3.05, 3.63) is 18.2 Å². The topological polar surface area (TPSA) is 97.3 Å². The summed E-state index contributed by atoms with van der Waals surface area (Å²) >= 11 is 0. The van der Waals surface area contributed by atoms with Gasteiger partial charge in [0.15, 0.2) is 11.5 Å². The number of para-hydroxylation sites is 1. The standard InChI is InChI=1S/C13H18O4.C2H5NO2/c1-3-8-13(15-9-4-2)16-11-7-5-6-10(14)12(11)17-13;1-3-2(4)5/h5-7,14H,3-4,8-9H2,1-2H3;3H,1H3,(H,4,5). The molecular weight excluding hydrogens is 290 g/mol. The molecule has 0 aliphatic carbocycles. The second kappa shape index (κ2) is 8.33. The van der Waals surface area contributed by atoms with Crippen LogP contribution >= 0.6 is 0 Å². The Balaban J connectivity index is 0.000000422. The lowest BCUT2D eigenvalue weighted by Gasteiger charge is -2.26. The summed E-state index contributed by atoms with van der Waals surface area (Å²) in [6, 6.07) is 5.06. The minimum absolute atomic E-state index is 0.0839. The number of fused-ring (bicyclic) bond motifs is 1. The zero-order valence-electron chi connectivity index (χ0n) is 13.1. The molecular formula is C15H23NO6. The first kappa shape index (κ1) is 17.9. The third kappa shape index (κ3) is 4.70. The van der Waals surface area contributed by atoms with Crippen molar-refractivity contribution in [1.82, 2.24) is 5.32 Å². The molecule has 2 rings (SSSR count). The monoisotopic (exact) mass is 313 g/mol. The van der Waals surface area contributed by atoms with Crippen molar-refractivity contribution in [2.24, 2.45) is 0 Å². The predicted molar refractivity (Wildman–Crippen MR) is 80.3 cm³/mol. The summed E-state index contributed by atoms with van der Waals surface area (Å²) in [5, 5.41) is 19.3. The minimum Gasteiger partial charge on any atom is -0.504 e. The Bertz CT molecular complexity index is 493. The summed E-state index contributed by atoms with van der Waals surface area (Å²) in [7, 11) is 1.35. The van der Waals surface area contributed by atoms with Gasteiger partial charge in [0.05, 0.1) is 13.0 Å². The molecule has 0 spiro atoms. The molecule has 1 aliphatic rings. The van der Waals surface area contributed by atoms with Crippen molar-refractivity contribution in [2.75, 3.05) is 13.7 Å². The number of nitrogens with one attached hydrogen (secondary N) is 1. The normalized spacial score (nSPS) is 18.3.